The lowest BCUT2D eigenvalue weighted by Crippen LogP contribution is -2.33. The summed E-state index contributed by atoms with van der Waals surface area (Å²) in [5.74, 6) is -0.781. The molecule has 0 aliphatic carbocycles. The third kappa shape index (κ3) is 8.46. The standard InChI is InChI=1S/C13H19N2O16P3/c1-27-11(17)3-2-7-5-15(13(19)14-12(7)18)10-4-8(16)9(29-10)6-28-33(23,24)31-34(25,26)30-32(20,21)22/h2-3,5,8-10,16H,4,6H2,1H3,(H,23,24)(H,25,26)(H,14,18,19)(H2,20,21,22)/b3-2+/t8-,9+,10+/m0/s1. The van der Waals surface area contributed by atoms with Gasteiger partial charge < -0.3 is 34.2 Å². The van der Waals surface area contributed by atoms with Crippen LogP contribution in [-0.4, -0.2) is 66.1 Å². The summed E-state index contributed by atoms with van der Waals surface area (Å²) in [5, 5.41) is 10.1. The van der Waals surface area contributed by atoms with E-state index in [0.29, 0.717) is 0 Å². The molecule has 1 saturated heterocycles. The SMILES string of the molecule is COC(=O)/C=C/c1cn([C@H]2C[C@H](O)[C@@H](COP(=O)(O)OP(=O)(O)OP(=O)(O)O)O2)c(=O)[nH]c1=O. The Morgan fingerprint density at radius 1 is 1.21 bits per heavy atom. The fourth-order valence-corrected chi connectivity index (χ4v) is 5.60. The van der Waals surface area contributed by atoms with Gasteiger partial charge in [0.2, 0.25) is 0 Å². The van der Waals surface area contributed by atoms with Gasteiger partial charge in [0, 0.05) is 18.7 Å². The van der Waals surface area contributed by atoms with E-state index in [1.807, 2.05) is 4.98 Å². The van der Waals surface area contributed by atoms with Crippen LogP contribution >= 0.6 is 23.5 Å². The lowest BCUT2D eigenvalue weighted by atomic mass is 10.2. The number of esters is 1. The number of hydrogen-bond acceptors (Lipinski definition) is 12. The molecule has 1 fully saturated rings. The number of aliphatic hydroxyl groups excluding tert-OH is 1. The molecular formula is C13H19N2O16P3. The summed E-state index contributed by atoms with van der Waals surface area (Å²) < 4.78 is 55.9. The third-order valence-electron chi connectivity index (χ3n) is 3.93. The number of carbonyl (C=O) groups is 1. The Kier molecular flexibility index (Phi) is 9.10. The minimum Gasteiger partial charge on any atom is -0.466 e. The van der Waals surface area contributed by atoms with Crippen LogP contribution < -0.4 is 11.2 Å². The van der Waals surface area contributed by atoms with E-state index >= 15 is 0 Å². The molecule has 0 amide bonds. The molecule has 1 aliphatic rings. The number of aromatic nitrogens is 2. The Bertz CT molecular complexity index is 1200. The second kappa shape index (κ2) is 10.9. The van der Waals surface area contributed by atoms with Crippen molar-refractivity contribution in [1.29, 1.82) is 0 Å². The van der Waals surface area contributed by atoms with Crippen molar-refractivity contribution in [3.05, 3.63) is 38.7 Å². The first kappa shape index (κ1) is 28.5. The normalized spacial score (nSPS) is 24.6. The molecule has 0 radical (unpaired) electrons. The number of phosphoric acid groups is 3. The maximum atomic E-state index is 12.1. The minimum atomic E-state index is -5.73. The van der Waals surface area contributed by atoms with Crippen LogP contribution in [0.25, 0.3) is 6.08 Å². The van der Waals surface area contributed by atoms with Crippen molar-refractivity contribution < 1.29 is 65.8 Å². The maximum absolute atomic E-state index is 12.1. The van der Waals surface area contributed by atoms with Crippen LogP contribution in [0.4, 0.5) is 0 Å². The predicted octanol–water partition coefficient (Wildman–Crippen LogP) is -1.29. The van der Waals surface area contributed by atoms with Crippen LogP contribution in [0, 0.1) is 0 Å². The van der Waals surface area contributed by atoms with Crippen LogP contribution in [-0.2, 0) is 41.1 Å². The van der Waals surface area contributed by atoms with Crippen molar-refractivity contribution in [2.24, 2.45) is 0 Å². The molecule has 6 N–H and O–H groups in total. The number of rotatable bonds is 10. The Morgan fingerprint density at radius 3 is 2.44 bits per heavy atom. The summed E-state index contributed by atoms with van der Waals surface area (Å²) in [6.07, 6.45) is -1.33. The largest absolute Gasteiger partial charge is 0.490 e. The number of ether oxygens (including phenoxy) is 2. The van der Waals surface area contributed by atoms with Gasteiger partial charge in [-0.2, -0.15) is 8.62 Å². The zero-order valence-electron chi connectivity index (χ0n) is 16.9. The van der Waals surface area contributed by atoms with Crippen LogP contribution in [0.3, 0.4) is 0 Å². The van der Waals surface area contributed by atoms with Gasteiger partial charge in [-0.3, -0.25) is 18.9 Å². The number of carbonyl (C=O) groups excluding carboxylic acids is 1. The van der Waals surface area contributed by atoms with E-state index in [1.165, 1.54) is 0 Å². The average Bonchev–Trinajstić information content (AvgIpc) is 3.03. The van der Waals surface area contributed by atoms with E-state index in [-0.39, 0.29) is 12.0 Å². The molecule has 18 nitrogen and oxygen atoms in total. The number of nitrogens with zero attached hydrogens (tertiary/aromatic N) is 1. The lowest BCUT2D eigenvalue weighted by Gasteiger charge is -2.19. The molecule has 2 rings (SSSR count). The smallest absolute Gasteiger partial charge is 0.466 e. The topological polar surface area (TPSA) is 270 Å². The first-order valence-corrected chi connectivity index (χ1v) is 13.3. The van der Waals surface area contributed by atoms with Crippen molar-refractivity contribution in [2.75, 3.05) is 13.7 Å². The first-order valence-electron chi connectivity index (χ1n) is 8.75. The second-order valence-electron chi connectivity index (χ2n) is 6.43. The number of aromatic amines is 1. The van der Waals surface area contributed by atoms with E-state index in [4.69, 9.17) is 19.4 Å². The van der Waals surface area contributed by atoms with Gasteiger partial charge in [0.25, 0.3) is 5.56 Å². The van der Waals surface area contributed by atoms with E-state index < -0.39 is 65.7 Å². The second-order valence-corrected chi connectivity index (χ2v) is 10.8. The summed E-state index contributed by atoms with van der Waals surface area (Å²) in [4.78, 5) is 72.8. The molecule has 0 saturated carbocycles. The quantitative estimate of drug-likeness (QED) is 0.112. The molecule has 192 valence electrons. The molecule has 0 spiro atoms. The Hall–Kier alpha value is -1.78. The fourth-order valence-electron chi connectivity index (χ4n) is 2.57. The Balaban J connectivity index is 2.11. The fraction of sp³-hybridized carbons (Fsp3) is 0.462. The van der Waals surface area contributed by atoms with Gasteiger partial charge in [0.05, 0.1) is 25.4 Å². The molecule has 1 aromatic heterocycles. The van der Waals surface area contributed by atoms with Crippen molar-refractivity contribution in [1.82, 2.24) is 9.55 Å². The predicted molar refractivity (Wildman–Crippen MR) is 107 cm³/mol. The number of nitrogens with one attached hydrogen (secondary N) is 1. The molecule has 21 heteroatoms. The molecule has 0 aromatic carbocycles. The Labute approximate surface area is 188 Å². The Morgan fingerprint density at radius 2 is 1.85 bits per heavy atom. The van der Waals surface area contributed by atoms with Crippen molar-refractivity contribution in [3.63, 3.8) is 0 Å². The zero-order chi connectivity index (χ0) is 25.9. The number of hydrogen-bond donors (Lipinski definition) is 6. The minimum absolute atomic E-state index is 0.153. The van der Waals surface area contributed by atoms with E-state index in [1.54, 1.807) is 0 Å². The number of methoxy groups -OCH3 is 1. The van der Waals surface area contributed by atoms with Gasteiger partial charge in [0.15, 0.2) is 0 Å². The van der Waals surface area contributed by atoms with Crippen molar-refractivity contribution in [2.45, 2.75) is 24.9 Å². The van der Waals surface area contributed by atoms with E-state index in [9.17, 15) is 38.1 Å². The van der Waals surface area contributed by atoms with Crippen molar-refractivity contribution >= 4 is 35.5 Å². The van der Waals surface area contributed by atoms with Gasteiger partial charge in [0.1, 0.15) is 12.3 Å². The molecule has 1 aliphatic heterocycles. The maximum Gasteiger partial charge on any atom is 0.490 e. The van der Waals surface area contributed by atoms with Gasteiger partial charge in [-0.15, -0.1) is 0 Å². The summed E-state index contributed by atoms with van der Waals surface area (Å²) >= 11 is 0. The van der Waals surface area contributed by atoms with E-state index in [2.05, 4.69) is 17.9 Å². The number of aliphatic hydroxyl groups is 1. The first-order chi connectivity index (χ1) is 15.5. The molecule has 5 atom stereocenters. The average molecular weight is 552 g/mol. The highest BCUT2D eigenvalue weighted by Crippen LogP contribution is 2.66. The van der Waals surface area contributed by atoms with Gasteiger partial charge in [-0.1, -0.05) is 0 Å². The number of H-pyrrole nitrogens is 1. The van der Waals surface area contributed by atoms with Gasteiger partial charge in [-0.25, -0.2) is 23.3 Å². The molecule has 34 heavy (non-hydrogen) atoms. The third-order valence-corrected chi connectivity index (χ3v) is 7.73. The van der Waals surface area contributed by atoms with E-state index in [0.717, 1.165) is 30.0 Å². The van der Waals surface area contributed by atoms with Gasteiger partial charge >= 0.3 is 35.1 Å². The van der Waals surface area contributed by atoms with Crippen LogP contribution in [0.5, 0.6) is 0 Å². The number of phosphoric ester groups is 1. The van der Waals surface area contributed by atoms with Crippen molar-refractivity contribution in [3.8, 4) is 0 Å². The van der Waals surface area contributed by atoms with Crippen LogP contribution in [0.2, 0.25) is 0 Å². The highest BCUT2D eigenvalue weighted by molar-refractivity contribution is 7.66. The highest BCUT2D eigenvalue weighted by Gasteiger charge is 2.43. The van der Waals surface area contributed by atoms with Gasteiger partial charge in [-0.05, 0) is 6.08 Å². The summed E-state index contributed by atoms with van der Waals surface area (Å²) in [6, 6.07) is 0. The molecular weight excluding hydrogens is 533 g/mol. The van der Waals surface area contributed by atoms with Crippen LogP contribution in [0.1, 0.15) is 18.2 Å². The molecule has 2 unspecified atom stereocenters. The molecule has 2 heterocycles. The lowest BCUT2D eigenvalue weighted by molar-refractivity contribution is -0.134. The summed E-state index contributed by atoms with van der Waals surface area (Å²) in [6.45, 7) is -0.950. The monoisotopic (exact) mass is 552 g/mol. The zero-order valence-corrected chi connectivity index (χ0v) is 19.6. The summed E-state index contributed by atoms with van der Waals surface area (Å²) in [5.41, 5.74) is -1.95. The van der Waals surface area contributed by atoms with Crippen LogP contribution in [0.15, 0.2) is 21.9 Å². The molecule has 0 bridgehead atoms. The highest BCUT2D eigenvalue weighted by atomic mass is 31.3. The molecule has 1 aromatic rings. The summed E-state index contributed by atoms with van der Waals surface area (Å²) in [7, 11) is -15.6.